The van der Waals surface area contributed by atoms with Gasteiger partial charge in [0.15, 0.2) is 6.10 Å². The maximum Gasteiger partial charge on any atom is 0.334 e. The third-order valence-corrected chi connectivity index (χ3v) is 2.66. The zero-order valence-corrected chi connectivity index (χ0v) is 10.9. The Kier molecular flexibility index (Phi) is 6.22. The van der Waals surface area contributed by atoms with Crippen LogP contribution in [0, 0.1) is 0 Å². The van der Waals surface area contributed by atoms with Gasteiger partial charge in [-0.1, -0.05) is 12.1 Å². The van der Waals surface area contributed by atoms with Gasteiger partial charge in [-0.05, 0) is 43.9 Å². The number of ether oxygens (including phenoxy) is 2. The van der Waals surface area contributed by atoms with Crippen molar-refractivity contribution in [1.82, 2.24) is 0 Å². The minimum absolute atomic E-state index is 0.300. The number of aliphatic hydroxyl groups excluding tert-OH is 1. The summed E-state index contributed by atoms with van der Waals surface area (Å²) in [5.74, 6) is 0.289. The van der Waals surface area contributed by atoms with Crippen LogP contribution in [0.2, 0.25) is 0 Å². The first kappa shape index (κ1) is 14.5. The summed E-state index contributed by atoms with van der Waals surface area (Å²) in [4.78, 5) is 11.2. The van der Waals surface area contributed by atoms with Crippen molar-refractivity contribution in [3.8, 4) is 5.75 Å². The highest BCUT2D eigenvalue weighted by atomic mass is 16.5. The van der Waals surface area contributed by atoms with Gasteiger partial charge in [-0.3, -0.25) is 0 Å². The van der Waals surface area contributed by atoms with Crippen LogP contribution in [0.15, 0.2) is 24.3 Å². The minimum atomic E-state index is -1.01. The van der Waals surface area contributed by atoms with Crippen molar-refractivity contribution in [3.63, 3.8) is 0 Å². The van der Waals surface area contributed by atoms with E-state index in [0.29, 0.717) is 13.0 Å². The Morgan fingerprint density at radius 1 is 1.33 bits per heavy atom. The van der Waals surface area contributed by atoms with Crippen molar-refractivity contribution < 1.29 is 19.4 Å². The van der Waals surface area contributed by atoms with Crippen LogP contribution in [0.1, 0.15) is 25.3 Å². The molecule has 1 aromatic rings. The molecular weight excluding hydrogens is 232 g/mol. The normalized spacial score (nSPS) is 11.9. The van der Waals surface area contributed by atoms with E-state index in [0.717, 1.165) is 24.2 Å². The molecule has 0 aromatic heterocycles. The van der Waals surface area contributed by atoms with E-state index in [-0.39, 0.29) is 0 Å². The molecule has 0 aliphatic carbocycles. The molecule has 0 amide bonds. The molecule has 0 saturated heterocycles. The number of hydrogen-bond acceptors (Lipinski definition) is 4. The van der Waals surface area contributed by atoms with Crippen LogP contribution in [0.5, 0.6) is 5.75 Å². The van der Waals surface area contributed by atoms with Crippen molar-refractivity contribution >= 4 is 5.97 Å². The van der Waals surface area contributed by atoms with Crippen molar-refractivity contribution in [2.75, 3.05) is 13.7 Å². The number of carbonyl (C=O) groups excluding carboxylic acids is 1. The summed E-state index contributed by atoms with van der Waals surface area (Å²) >= 11 is 0. The van der Waals surface area contributed by atoms with Gasteiger partial charge < -0.3 is 14.6 Å². The van der Waals surface area contributed by atoms with Crippen molar-refractivity contribution in [2.45, 2.75) is 32.3 Å². The Hall–Kier alpha value is -1.55. The Morgan fingerprint density at radius 2 is 2.00 bits per heavy atom. The maximum absolute atomic E-state index is 11.2. The molecule has 0 fully saturated rings. The van der Waals surface area contributed by atoms with Gasteiger partial charge in [0.2, 0.25) is 0 Å². The fourth-order valence-corrected chi connectivity index (χ4v) is 1.65. The molecule has 4 heteroatoms. The Labute approximate surface area is 108 Å². The van der Waals surface area contributed by atoms with E-state index in [1.165, 1.54) is 0 Å². The van der Waals surface area contributed by atoms with E-state index in [9.17, 15) is 9.90 Å². The number of methoxy groups -OCH3 is 1. The topological polar surface area (TPSA) is 55.8 Å². The molecule has 0 heterocycles. The van der Waals surface area contributed by atoms with Gasteiger partial charge in [-0.2, -0.15) is 0 Å². The molecule has 1 rings (SSSR count). The number of carbonyl (C=O) groups is 1. The lowest BCUT2D eigenvalue weighted by atomic mass is 10.1. The molecule has 18 heavy (non-hydrogen) atoms. The van der Waals surface area contributed by atoms with Crippen LogP contribution in [-0.4, -0.2) is 30.9 Å². The zero-order valence-electron chi connectivity index (χ0n) is 10.9. The molecule has 1 N–H and O–H groups in total. The van der Waals surface area contributed by atoms with Crippen LogP contribution in [0.25, 0.3) is 0 Å². The lowest BCUT2D eigenvalue weighted by Crippen LogP contribution is -2.23. The minimum Gasteiger partial charge on any atom is -0.497 e. The second kappa shape index (κ2) is 7.71. The number of hydrogen-bond donors (Lipinski definition) is 1. The zero-order chi connectivity index (χ0) is 13.4. The summed E-state index contributed by atoms with van der Waals surface area (Å²) in [5.41, 5.74) is 1.16. The number of rotatable bonds is 7. The van der Waals surface area contributed by atoms with E-state index in [2.05, 4.69) is 0 Å². The lowest BCUT2D eigenvalue weighted by Gasteiger charge is -2.09. The summed E-state index contributed by atoms with van der Waals surface area (Å²) < 4.78 is 9.80. The van der Waals surface area contributed by atoms with Gasteiger partial charge in [0.25, 0.3) is 0 Å². The van der Waals surface area contributed by atoms with Gasteiger partial charge in [0.1, 0.15) is 5.75 Å². The molecule has 100 valence electrons. The summed E-state index contributed by atoms with van der Waals surface area (Å²) in [5, 5.41) is 9.51. The summed E-state index contributed by atoms with van der Waals surface area (Å²) in [7, 11) is 1.63. The third kappa shape index (κ3) is 4.75. The van der Waals surface area contributed by atoms with Gasteiger partial charge >= 0.3 is 5.97 Å². The molecule has 0 spiro atoms. The van der Waals surface area contributed by atoms with Crippen LogP contribution in [0.3, 0.4) is 0 Å². The number of aryl methyl sites for hydroxylation is 1. The monoisotopic (exact) mass is 252 g/mol. The van der Waals surface area contributed by atoms with Crippen LogP contribution in [0.4, 0.5) is 0 Å². The molecule has 0 bridgehead atoms. The SMILES string of the molecule is CCOC(=O)[C@@H](O)CCCc1ccc(OC)cc1. The molecule has 0 saturated carbocycles. The van der Waals surface area contributed by atoms with Crippen LogP contribution >= 0.6 is 0 Å². The third-order valence-electron chi connectivity index (χ3n) is 2.66. The fraction of sp³-hybridized carbons (Fsp3) is 0.500. The van der Waals surface area contributed by atoms with Crippen molar-refractivity contribution in [1.29, 1.82) is 0 Å². The highest BCUT2D eigenvalue weighted by Crippen LogP contribution is 2.13. The molecule has 0 aliphatic rings. The van der Waals surface area contributed by atoms with Gasteiger partial charge in [-0.15, -0.1) is 0 Å². The standard InChI is InChI=1S/C14H20O4/c1-3-18-14(16)13(15)6-4-5-11-7-9-12(17-2)10-8-11/h7-10,13,15H,3-6H2,1-2H3/t13-/m0/s1. The average Bonchev–Trinajstić information content (AvgIpc) is 2.39. The average molecular weight is 252 g/mol. The number of benzene rings is 1. The Balaban J connectivity index is 2.30. The molecular formula is C14H20O4. The van der Waals surface area contributed by atoms with Gasteiger partial charge in [-0.25, -0.2) is 4.79 Å². The molecule has 4 nitrogen and oxygen atoms in total. The summed E-state index contributed by atoms with van der Waals surface area (Å²) in [6.07, 6.45) is 0.973. The highest BCUT2D eigenvalue weighted by Gasteiger charge is 2.15. The fourth-order valence-electron chi connectivity index (χ4n) is 1.65. The lowest BCUT2D eigenvalue weighted by molar-refractivity contribution is -0.153. The van der Waals surface area contributed by atoms with E-state index >= 15 is 0 Å². The highest BCUT2D eigenvalue weighted by molar-refractivity contribution is 5.74. The van der Waals surface area contributed by atoms with Crippen LogP contribution in [-0.2, 0) is 16.0 Å². The molecule has 0 aliphatic heterocycles. The first-order valence-electron chi connectivity index (χ1n) is 6.15. The molecule has 1 atom stereocenters. The van der Waals surface area contributed by atoms with Crippen molar-refractivity contribution in [3.05, 3.63) is 29.8 Å². The number of esters is 1. The number of aliphatic hydroxyl groups is 1. The second-order valence-electron chi connectivity index (χ2n) is 4.01. The van der Waals surface area contributed by atoms with E-state index < -0.39 is 12.1 Å². The molecule has 1 aromatic carbocycles. The van der Waals surface area contributed by atoms with E-state index in [1.54, 1.807) is 14.0 Å². The van der Waals surface area contributed by atoms with Gasteiger partial charge in [0, 0.05) is 0 Å². The van der Waals surface area contributed by atoms with E-state index in [4.69, 9.17) is 9.47 Å². The maximum atomic E-state index is 11.2. The predicted molar refractivity (Wildman–Crippen MR) is 68.6 cm³/mol. The smallest absolute Gasteiger partial charge is 0.334 e. The predicted octanol–water partition coefficient (Wildman–Crippen LogP) is 1.94. The first-order chi connectivity index (χ1) is 8.67. The van der Waals surface area contributed by atoms with Crippen LogP contribution < -0.4 is 4.74 Å². The quantitative estimate of drug-likeness (QED) is 0.753. The molecule has 0 radical (unpaired) electrons. The second-order valence-corrected chi connectivity index (χ2v) is 4.01. The molecule has 0 unspecified atom stereocenters. The first-order valence-corrected chi connectivity index (χ1v) is 6.15. The Bertz CT molecular complexity index is 359. The van der Waals surface area contributed by atoms with E-state index in [1.807, 2.05) is 24.3 Å². The summed E-state index contributed by atoms with van der Waals surface area (Å²) in [6.45, 7) is 2.02. The van der Waals surface area contributed by atoms with Crippen molar-refractivity contribution in [2.24, 2.45) is 0 Å². The van der Waals surface area contributed by atoms with Gasteiger partial charge in [0.05, 0.1) is 13.7 Å². The summed E-state index contributed by atoms with van der Waals surface area (Å²) in [6, 6.07) is 7.76. The Morgan fingerprint density at radius 3 is 2.56 bits per heavy atom. The largest absolute Gasteiger partial charge is 0.497 e.